The number of hydrogen-bond acceptors (Lipinski definition) is 3. The molecule has 2 rings (SSSR count). The summed E-state index contributed by atoms with van der Waals surface area (Å²) in [6.07, 6.45) is 0. The summed E-state index contributed by atoms with van der Waals surface area (Å²) < 4.78 is 0. The second kappa shape index (κ2) is 5.61. The summed E-state index contributed by atoms with van der Waals surface area (Å²) in [6.45, 7) is 1.85. The molecule has 2 aromatic rings. The Morgan fingerprint density at radius 1 is 1.25 bits per heavy atom. The number of aromatic carboxylic acids is 1. The summed E-state index contributed by atoms with van der Waals surface area (Å²) in [5.74, 6) is -1.09. The van der Waals surface area contributed by atoms with Crippen molar-refractivity contribution >= 4 is 46.2 Å². The van der Waals surface area contributed by atoms with E-state index in [0.29, 0.717) is 21.4 Å². The van der Waals surface area contributed by atoms with Crippen LogP contribution in [0.15, 0.2) is 30.3 Å². The lowest BCUT2D eigenvalue weighted by atomic mass is 10.1. The van der Waals surface area contributed by atoms with Crippen LogP contribution >= 0.6 is 23.2 Å². The highest BCUT2D eigenvalue weighted by atomic mass is 35.5. The third-order valence-electron chi connectivity index (χ3n) is 2.88. The molecule has 0 aliphatic rings. The maximum absolute atomic E-state index is 11.1. The Morgan fingerprint density at radius 3 is 2.60 bits per heavy atom. The molecule has 0 spiro atoms. The van der Waals surface area contributed by atoms with Gasteiger partial charge in [0.2, 0.25) is 0 Å². The molecule has 20 heavy (non-hydrogen) atoms. The predicted molar refractivity (Wildman–Crippen MR) is 82.3 cm³/mol. The Balaban J connectivity index is 2.49. The van der Waals surface area contributed by atoms with Crippen molar-refractivity contribution in [1.29, 1.82) is 0 Å². The van der Waals surface area contributed by atoms with Gasteiger partial charge in [0.1, 0.15) is 0 Å². The molecule has 4 nitrogen and oxygen atoms in total. The van der Waals surface area contributed by atoms with Crippen molar-refractivity contribution in [2.75, 3.05) is 11.1 Å². The van der Waals surface area contributed by atoms with Crippen molar-refractivity contribution in [3.8, 4) is 0 Å². The van der Waals surface area contributed by atoms with E-state index in [1.54, 1.807) is 24.3 Å². The molecule has 6 heteroatoms. The van der Waals surface area contributed by atoms with Crippen LogP contribution in [0.3, 0.4) is 0 Å². The lowest BCUT2D eigenvalue weighted by Gasteiger charge is -2.14. The average molecular weight is 311 g/mol. The van der Waals surface area contributed by atoms with E-state index in [9.17, 15) is 4.79 Å². The van der Waals surface area contributed by atoms with Crippen LogP contribution in [0.5, 0.6) is 0 Å². The smallest absolute Gasteiger partial charge is 0.337 e. The minimum Gasteiger partial charge on any atom is -0.478 e. The molecule has 0 fully saturated rings. The van der Waals surface area contributed by atoms with Gasteiger partial charge >= 0.3 is 5.97 Å². The zero-order chi connectivity index (χ0) is 14.9. The van der Waals surface area contributed by atoms with Gasteiger partial charge in [0.25, 0.3) is 0 Å². The second-order valence-electron chi connectivity index (χ2n) is 4.25. The fraction of sp³-hybridized carbons (Fsp3) is 0.0714. The number of anilines is 3. The number of para-hydroxylation sites is 1. The molecule has 0 radical (unpaired) electrons. The number of rotatable bonds is 3. The monoisotopic (exact) mass is 310 g/mol. The molecule has 0 unspecified atom stereocenters. The lowest BCUT2D eigenvalue weighted by molar-refractivity contribution is 0.0698. The highest BCUT2D eigenvalue weighted by molar-refractivity contribution is 6.39. The van der Waals surface area contributed by atoms with Crippen molar-refractivity contribution in [3.05, 3.63) is 51.5 Å². The van der Waals surface area contributed by atoms with Gasteiger partial charge < -0.3 is 16.2 Å². The first kappa shape index (κ1) is 14.5. The van der Waals surface area contributed by atoms with Gasteiger partial charge in [0, 0.05) is 0 Å². The molecule has 0 heterocycles. The summed E-state index contributed by atoms with van der Waals surface area (Å²) >= 11 is 12.3. The van der Waals surface area contributed by atoms with Crippen LogP contribution in [-0.2, 0) is 0 Å². The van der Waals surface area contributed by atoms with E-state index in [0.717, 1.165) is 5.56 Å². The number of nitrogens with one attached hydrogen (secondary N) is 1. The van der Waals surface area contributed by atoms with E-state index in [-0.39, 0.29) is 11.3 Å². The van der Waals surface area contributed by atoms with Crippen LogP contribution in [0.25, 0.3) is 0 Å². The summed E-state index contributed by atoms with van der Waals surface area (Å²) in [4.78, 5) is 11.1. The fourth-order valence-electron chi connectivity index (χ4n) is 1.77. The van der Waals surface area contributed by atoms with Crippen LogP contribution in [-0.4, -0.2) is 11.1 Å². The van der Waals surface area contributed by atoms with Gasteiger partial charge in [-0.15, -0.1) is 0 Å². The van der Waals surface area contributed by atoms with Crippen molar-refractivity contribution < 1.29 is 9.90 Å². The topological polar surface area (TPSA) is 75.3 Å². The standard InChI is InChI=1S/C14H12Cl2N2O2/c1-7-5-6-9(15)13(11(7)16)18-10-4-2-3-8(12(10)17)14(19)20/h2-6,18H,17H2,1H3,(H,19,20). The van der Waals surface area contributed by atoms with Gasteiger partial charge in [-0.25, -0.2) is 4.79 Å². The molecule has 0 bridgehead atoms. The molecule has 4 N–H and O–H groups in total. The highest BCUT2D eigenvalue weighted by Gasteiger charge is 2.14. The number of nitrogen functional groups attached to an aromatic ring is 1. The van der Waals surface area contributed by atoms with Crippen LogP contribution < -0.4 is 11.1 Å². The second-order valence-corrected chi connectivity index (χ2v) is 5.04. The largest absolute Gasteiger partial charge is 0.478 e. The molecule has 0 saturated carbocycles. The number of benzene rings is 2. The molecular formula is C14H12Cl2N2O2. The van der Waals surface area contributed by atoms with Gasteiger partial charge in [-0.1, -0.05) is 35.3 Å². The van der Waals surface area contributed by atoms with E-state index in [4.69, 9.17) is 34.0 Å². The zero-order valence-electron chi connectivity index (χ0n) is 10.6. The van der Waals surface area contributed by atoms with E-state index in [1.165, 1.54) is 6.07 Å². The first-order valence-electron chi connectivity index (χ1n) is 5.75. The van der Waals surface area contributed by atoms with Crippen molar-refractivity contribution in [3.63, 3.8) is 0 Å². The summed E-state index contributed by atoms with van der Waals surface area (Å²) in [6, 6.07) is 8.20. The van der Waals surface area contributed by atoms with Crippen LogP contribution in [0.1, 0.15) is 15.9 Å². The van der Waals surface area contributed by atoms with Gasteiger partial charge in [-0.3, -0.25) is 0 Å². The number of carbonyl (C=O) groups is 1. The SMILES string of the molecule is Cc1ccc(Cl)c(Nc2cccc(C(=O)O)c2N)c1Cl. The van der Waals surface area contributed by atoms with Crippen molar-refractivity contribution in [1.82, 2.24) is 0 Å². The summed E-state index contributed by atoms with van der Waals surface area (Å²) in [7, 11) is 0. The molecule has 0 amide bonds. The Morgan fingerprint density at radius 2 is 1.95 bits per heavy atom. The van der Waals surface area contributed by atoms with Gasteiger partial charge in [0.05, 0.1) is 32.7 Å². The van der Waals surface area contributed by atoms with Gasteiger partial charge in [0.15, 0.2) is 0 Å². The predicted octanol–water partition coefficient (Wildman–Crippen LogP) is 4.33. The normalized spacial score (nSPS) is 10.3. The molecule has 0 atom stereocenters. The third kappa shape index (κ3) is 2.66. The Kier molecular flexibility index (Phi) is 4.06. The minimum absolute atomic E-state index is 0.0231. The molecular weight excluding hydrogens is 299 g/mol. The summed E-state index contributed by atoms with van der Waals surface area (Å²) in [5.41, 5.74) is 7.80. The van der Waals surface area contributed by atoms with Gasteiger partial charge in [-0.2, -0.15) is 0 Å². The Hall–Kier alpha value is -1.91. The number of nitrogens with two attached hydrogens (primary N) is 1. The van der Waals surface area contributed by atoms with Crippen LogP contribution in [0.4, 0.5) is 17.1 Å². The maximum atomic E-state index is 11.1. The first-order chi connectivity index (χ1) is 9.41. The average Bonchev–Trinajstić information content (AvgIpc) is 2.40. The molecule has 0 saturated heterocycles. The van der Waals surface area contributed by atoms with Crippen LogP contribution in [0.2, 0.25) is 10.0 Å². The van der Waals surface area contributed by atoms with Gasteiger partial charge in [-0.05, 0) is 30.7 Å². The van der Waals surface area contributed by atoms with Crippen LogP contribution in [0, 0.1) is 6.92 Å². The maximum Gasteiger partial charge on any atom is 0.337 e. The van der Waals surface area contributed by atoms with Crippen molar-refractivity contribution in [2.24, 2.45) is 0 Å². The number of aryl methyl sites for hydroxylation is 1. The molecule has 0 aliphatic heterocycles. The molecule has 104 valence electrons. The summed E-state index contributed by atoms with van der Waals surface area (Å²) in [5, 5.41) is 12.9. The highest BCUT2D eigenvalue weighted by Crippen LogP contribution is 2.37. The van der Waals surface area contributed by atoms with Crippen molar-refractivity contribution in [2.45, 2.75) is 6.92 Å². The number of halogens is 2. The van der Waals surface area contributed by atoms with E-state index in [1.807, 2.05) is 6.92 Å². The quantitative estimate of drug-likeness (QED) is 0.738. The number of carboxylic acid groups (broad SMARTS) is 1. The molecule has 2 aromatic carbocycles. The zero-order valence-corrected chi connectivity index (χ0v) is 12.1. The molecule has 0 aromatic heterocycles. The molecule has 0 aliphatic carbocycles. The first-order valence-corrected chi connectivity index (χ1v) is 6.51. The fourth-order valence-corrected chi connectivity index (χ4v) is 2.23. The minimum atomic E-state index is -1.09. The number of hydrogen-bond donors (Lipinski definition) is 3. The lowest BCUT2D eigenvalue weighted by Crippen LogP contribution is -2.05. The Labute approximate surface area is 126 Å². The number of carboxylic acids is 1. The third-order valence-corrected chi connectivity index (χ3v) is 3.68. The van der Waals surface area contributed by atoms with E-state index < -0.39 is 5.97 Å². The van der Waals surface area contributed by atoms with E-state index >= 15 is 0 Å². The van der Waals surface area contributed by atoms with E-state index in [2.05, 4.69) is 5.32 Å². The Bertz CT molecular complexity index is 687.